The molecule has 0 spiro atoms. The van der Waals surface area contributed by atoms with E-state index in [1.54, 1.807) is 29.2 Å². The van der Waals surface area contributed by atoms with Crippen molar-refractivity contribution in [1.29, 1.82) is 0 Å². The Bertz CT molecular complexity index is 868. The molecular weight excluding hydrogens is 304 g/mol. The Morgan fingerprint density at radius 2 is 1.92 bits per heavy atom. The summed E-state index contributed by atoms with van der Waals surface area (Å²) in [5.74, 6) is 0.602. The fourth-order valence-electron chi connectivity index (χ4n) is 3.03. The van der Waals surface area contributed by atoms with E-state index in [0.717, 1.165) is 37.4 Å². The van der Waals surface area contributed by atoms with Gasteiger partial charge in [0.25, 0.3) is 5.91 Å². The maximum absolute atomic E-state index is 12.7. The molecule has 0 aliphatic carbocycles. The van der Waals surface area contributed by atoms with Gasteiger partial charge in [0.1, 0.15) is 5.56 Å². The molecule has 1 N–H and O–H groups in total. The molecule has 0 atom stereocenters. The zero-order valence-electron chi connectivity index (χ0n) is 13.2. The van der Waals surface area contributed by atoms with Crippen molar-refractivity contribution >= 4 is 23.1 Å². The summed E-state index contributed by atoms with van der Waals surface area (Å²) >= 11 is 0. The van der Waals surface area contributed by atoms with Crippen LogP contribution in [0.15, 0.2) is 43.0 Å². The van der Waals surface area contributed by atoms with Gasteiger partial charge in [-0.05, 0) is 37.5 Å². The predicted molar refractivity (Wildman–Crippen MR) is 91.2 cm³/mol. The lowest BCUT2D eigenvalue weighted by molar-refractivity contribution is 0.102. The molecule has 122 valence electrons. The van der Waals surface area contributed by atoms with Gasteiger partial charge in [-0.15, -0.1) is 0 Å². The predicted octanol–water partition coefficient (Wildman–Crippen LogP) is 2.37. The smallest absolute Gasteiger partial charge is 0.261 e. The van der Waals surface area contributed by atoms with E-state index in [4.69, 9.17) is 0 Å². The summed E-state index contributed by atoms with van der Waals surface area (Å²) in [6.07, 6.45) is 10.3. The number of pyridine rings is 1. The molecular formula is C17H18N6O. The normalized spacial score (nSPS) is 14.8. The standard InChI is InChI=1S/C17H18N6O/c24-17(13-12-20-23-11-5-8-18-15(13)23)21-14-6-4-7-19-16(14)22-9-2-1-3-10-22/h4-8,11-12H,1-3,9-10H2,(H,21,24). The van der Waals surface area contributed by atoms with Crippen LogP contribution in [0, 0.1) is 0 Å². The second-order valence-electron chi connectivity index (χ2n) is 5.82. The number of aromatic nitrogens is 4. The van der Waals surface area contributed by atoms with Gasteiger partial charge in [0.15, 0.2) is 11.5 Å². The average molecular weight is 322 g/mol. The Balaban J connectivity index is 1.62. The van der Waals surface area contributed by atoms with Crippen LogP contribution < -0.4 is 10.2 Å². The number of nitrogens with zero attached hydrogens (tertiary/aromatic N) is 5. The number of rotatable bonds is 3. The SMILES string of the molecule is O=C(Nc1cccnc1N1CCCCC1)c1cnn2cccnc12. The average Bonchev–Trinajstić information content (AvgIpc) is 3.07. The Morgan fingerprint density at radius 1 is 1.08 bits per heavy atom. The molecule has 0 bridgehead atoms. The first-order valence-corrected chi connectivity index (χ1v) is 8.12. The minimum atomic E-state index is -0.227. The minimum absolute atomic E-state index is 0.227. The zero-order valence-corrected chi connectivity index (χ0v) is 13.2. The summed E-state index contributed by atoms with van der Waals surface area (Å²) in [5.41, 5.74) is 1.71. The Kier molecular flexibility index (Phi) is 3.82. The topological polar surface area (TPSA) is 75.4 Å². The zero-order chi connectivity index (χ0) is 16.4. The van der Waals surface area contributed by atoms with E-state index in [-0.39, 0.29) is 5.91 Å². The molecule has 0 saturated carbocycles. The highest BCUT2D eigenvalue weighted by Crippen LogP contribution is 2.26. The summed E-state index contributed by atoms with van der Waals surface area (Å²) in [5, 5.41) is 7.13. The van der Waals surface area contributed by atoms with Crippen LogP contribution in [0.1, 0.15) is 29.6 Å². The van der Waals surface area contributed by atoms with Crippen LogP contribution in [0.25, 0.3) is 5.65 Å². The maximum Gasteiger partial charge on any atom is 0.261 e. The number of hydrogen-bond donors (Lipinski definition) is 1. The molecule has 4 rings (SSSR count). The minimum Gasteiger partial charge on any atom is -0.355 e. The van der Waals surface area contributed by atoms with E-state index in [2.05, 4.69) is 25.3 Å². The van der Waals surface area contributed by atoms with Crippen molar-refractivity contribution in [1.82, 2.24) is 19.6 Å². The Labute approximate surface area is 139 Å². The van der Waals surface area contributed by atoms with Gasteiger partial charge in [-0.2, -0.15) is 5.10 Å². The lowest BCUT2D eigenvalue weighted by atomic mass is 10.1. The molecule has 24 heavy (non-hydrogen) atoms. The molecule has 1 amide bonds. The van der Waals surface area contributed by atoms with E-state index in [0.29, 0.717) is 11.2 Å². The molecule has 1 aliphatic heterocycles. The van der Waals surface area contributed by atoms with Crippen LogP contribution in [0.2, 0.25) is 0 Å². The second kappa shape index (κ2) is 6.27. The summed E-state index contributed by atoms with van der Waals surface area (Å²) in [6.45, 7) is 1.94. The lowest BCUT2D eigenvalue weighted by Gasteiger charge is -2.29. The molecule has 4 heterocycles. The number of piperidine rings is 1. The number of fused-ring (bicyclic) bond motifs is 1. The van der Waals surface area contributed by atoms with Gasteiger partial charge in [0, 0.05) is 31.7 Å². The maximum atomic E-state index is 12.7. The van der Waals surface area contributed by atoms with Crippen LogP contribution in [-0.2, 0) is 0 Å². The highest BCUT2D eigenvalue weighted by atomic mass is 16.1. The van der Waals surface area contributed by atoms with E-state index in [9.17, 15) is 4.79 Å². The number of anilines is 2. The number of carbonyl (C=O) groups is 1. The summed E-state index contributed by atoms with van der Waals surface area (Å²) < 4.78 is 1.59. The van der Waals surface area contributed by atoms with Crippen molar-refractivity contribution in [2.45, 2.75) is 19.3 Å². The largest absolute Gasteiger partial charge is 0.355 e. The number of amides is 1. The monoisotopic (exact) mass is 322 g/mol. The van der Waals surface area contributed by atoms with Gasteiger partial charge in [0.2, 0.25) is 0 Å². The van der Waals surface area contributed by atoms with E-state index in [1.807, 2.05) is 12.1 Å². The second-order valence-corrected chi connectivity index (χ2v) is 5.82. The van der Waals surface area contributed by atoms with Gasteiger partial charge in [0.05, 0.1) is 11.9 Å². The highest BCUT2D eigenvalue weighted by Gasteiger charge is 2.19. The van der Waals surface area contributed by atoms with Crippen LogP contribution in [-0.4, -0.2) is 38.6 Å². The molecule has 0 unspecified atom stereocenters. The van der Waals surface area contributed by atoms with Gasteiger partial charge >= 0.3 is 0 Å². The fourth-order valence-corrected chi connectivity index (χ4v) is 3.03. The molecule has 3 aromatic heterocycles. The molecule has 3 aromatic rings. The molecule has 1 saturated heterocycles. The van der Waals surface area contributed by atoms with Crippen molar-refractivity contribution < 1.29 is 4.79 Å². The molecule has 7 nitrogen and oxygen atoms in total. The highest BCUT2D eigenvalue weighted by molar-refractivity contribution is 6.09. The third kappa shape index (κ3) is 2.68. The van der Waals surface area contributed by atoms with Crippen LogP contribution >= 0.6 is 0 Å². The summed E-state index contributed by atoms with van der Waals surface area (Å²) in [6, 6.07) is 5.49. The van der Waals surface area contributed by atoms with Crippen molar-refractivity contribution in [2.24, 2.45) is 0 Å². The fraction of sp³-hybridized carbons (Fsp3) is 0.294. The molecule has 0 radical (unpaired) electrons. The van der Waals surface area contributed by atoms with E-state index in [1.165, 1.54) is 12.6 Å². The van der Waals surface area contributed by atoms with Crippen molar-refractivity contribution in [3.05, 3.63) is 48.5 Å². The van der Waals surface area contributed by atoms with Crippen LogP contribution in [0.4, 0.5) is 11.5 Å². The summed E-state index contributed by atoms with van der Waals surface area (Å²) in [4.78, 5) is 23.6. The number of nitrogens with one attached hydrogen (secondary N) is 1. The quantitative estimate of drug-likeness (QED) is 0.801. The molecule has 7 heteroatoms. The van der Waals surface area contributed by atoms with E-state index < -0.39 is 0 Å². The Hall–Kier alpha value is -2.96. The number of carbonyl (C=O) groups excluding carboxylic acids is 1. The molecule has 1 aliphatic rings. The van der Waals surface area contributed by atoms with E-state index >= 15 is 0 Å². The first-order chi connectivity index (χ1) is 11.8. The van der Waals surface area contributed by atoms with Gasteiger partial charge < -0.3 is 10.2 Å². The molecule has 0 aromatic carbocycles. The third-order valence-corrected chi connectivity index (χ3v) is 4.21. The first-order valence-electron chi connectivity index (χ1n) is 8.12. The number of hydrogen-bond acceptors (Lipinski definition) is 5. The third-order valence-electron chi connectivity index (χ3n) is 4.21. The molecule has 1 fully saturated rings. The first kappa shape index (κ1) is 14.6. The Morgan fingerprint density at radius 3 is 2.79 bits per heavy atom. The van der Waals surface area contributed by atoms with Gasteiger partial charge in [-0.25, -0.2) is 14.5 Å². The lowest BCUT2D eigenvalue weighted by Crippen LogP contribution is -2.31. The summed E-state index contributed by atoms with van der Waals surface area (Å²) in [7, 11) is 0. The van der Waals surface area contributed by atoms with Gasteiger partial charge in [-0.1, -0.05) is 0 Å². The van der Waals surface area contributed by atoms with Crippen LogP contribution in [0.3, 0.4) is 0 Å². The van der Waals surface area contributed by atoms with Crippen molar-refractivity contribution in [2.75, 3.05) is 23.3 Å². The van der Waals surface area contributed by atoms with Crippen molar-refractivity contribution in [3.63, 3.8) is 0 Å². The van der Waals surface area contributed by atoms with Crippen molar-refractivity contribution in [3.8, 4) is 0 Å². The van der Waals surface area contributed by atoms with Gasteiger partial charge in [-0.3, -0.25) is 4.79 Å². The van der Waals surface area contributed by atoms with Crippen LogP contribution in [0.5, 0.6) is 0 Å².